The van der Waals surface area contributed by atoms with Crippen molar-refractivity contribution in [1.29, 1.82) is 0 Å². The van der Waals surface area contributed by atoms with Gasteiger partial charge >= 0.3 is 6.18 Å². The van der Waals surface area contributed by atoms with Gasteiger partial charge in [0, 0.05) is 36.1 Å². The number of likely N-dealkylation sites (tertiary alicyclic amines) is 1. The molecule has 0 bridgehead atoms. The lowest BCUT2D eigenvalue weighted by molar-refractivity contribution is -0.142. The van der Waals surface area contributed by atoms with Gasteiger partial charge in [0.15, 0.2) is 0 Å². The molecular weight excluding hydrogens is 521 g/mol. The predicted molar refractivity (Wildman–Crippen MR) is 136 cm³/mol. The van der Waals surface area contributed by atoms with Crippen LogP contribution in [-0.2, 0) is 11.3 Å². The Morgan fingerprint density at radius 1 is 1.18 bits per heavy atom. The average Bonchev–Trinajstić information content (AvgIpc) is 3.47. The molecule has 0 radical (unpaired) electrons. The molecule has 0 aliphatic carbocycles. The lowest BCUT2D eigenvalue weighted by Gasteiger charge is -2.45. The topological polar surface area (TPSA) is 123 Å². The minimum Gasteiger partial charge on any atom is -0.365 e. The summed E-state index contributed by atoms with van der Waals surface area (Å²) in [6.45, 7) is 6.72. The first-order valence-corrected chi connectivity index (χ1v) is 12.5. The van der Waals surface area contributed by atoms with Crippen molar-refractivity contribution >= 4 is 33.7 Å². The van der Waals surface area contributed by atoms with Crippen molar-refractivity contribution in [3.05, 3.63) is 42.1 Å². The molecule has 5 heterocycles. The fourth-order valence-corrected chi connectivity index (χ4v) is 5.91. The van der Waals surface area contributed by atoms with E-state index >= 15 is 0 Å². The van der Waals surface area contributed by atoms with Gasteiger partial charge in [0.2, 0.25) is 5.91 Å². The van der Waals surface area contributed by atoms with Crippen molar-refractivity contribution in [3.8, 4) is 21.7 Å². The molecule has 3 N–H and O–H groups in total. The maximum Gasteiger partial charge on any atom is 0.408 e. The van der Waals surface area contributed by atoms with E-state index in [1.807, 2.05) is 4.90 Å². The van der Waals surface area contributed by atoms with Gasteiger partial charge < -0.3 is 11.1 Å². The van der Waals surface area contributed by atoms with E-state index in [-0.39, 0.29) is 23.4 Å². The molecule has 1 aliphatic rings. The molecule has 10 nitrogen and oxygen atoms in total. The number of thiazole rings is 1. The van der Waals surface area contributed by atoms with Crippen LogP contribution in [0.2, 0.25) is 0 Å². The van der Waals surface area contributed by atoms with Crippen molar-refractivity contribution < 1.29 is 22.8 Å². The van der Waals surface area contributed by atoms with E-state index in [1.54, 1.807) is 19.2 Å². The average molecular weight is 547 g/mol. The highest BCUT2D eigenvalue weighted by Gasteiger charge is 2.35. The van der Waals surface area contributed by atoms with Gasteiger partial charge in [0.1, 0.15) is 11.4 Å². The monoisotopic (exact) mass is 546 g/mol. The molecule has 1 aliphatic heterocycles. The van der Waals surface area contributed by atoms with Crippen molar-refractivity contribution in [1.82, 2.24) is 29.3 Å². The van der Waals surface area contributed by atoms with E-state index in [0.717, 1.165) is 29.1 Å². The van der Waals surface area contributed by atoms with E-state index in [9.17, 15) is 22.8 Å². The fraction of sp³-hybridized carbons (Fsp3) is 0.375. The third-order valence-electron chi connectivity index (χ3n) is 6.15. The lowest BCUT2D eigenvalue weighted by Crippen LogP contribution is -2.54. The third-order valence-corrected chi connectivity index (χ3v) is 7.37. The number of amides is 2. The molecule has 1 saturated heterocycles. The van der Waals surface area contributed by atoms with Crippen LogP contribution < -0.4 is 11.1 Å². The first kappa shape index (κ1) is 25.9. The van der Waals surface area contributed by atoms with E-state index in [2.05, 4.69) is 34.3 Å². The quantitative estimate of drug-likeness (QED) is 0.365. The number of anilines is 1. The van der Waals surface area contributed by atoms with Gasteiger partial charge in [-0.3, -0.25) is 24.2 Å². The van der Waals surface area contributed by atoms with Crippen LogP contribution in [0.4, 0.5) is 18.9 Å². The predicted octanol–water partition coefficient (Wildman–Crippen LogP) is 3.57. The minimum absolute atomic E-state index is 0.178. The summed E-state index contributed by atoms with van der Waals surface area (Å²) < 4.78 is 41.1. The number of alkyl halides is 3. The number of nitrogens with one attached hydrogen (secondary N) is 1. The zero-order valence-electron chi connectivity index (χ0n) is 20.8. The Hall–Kier alpha value is -3.78. The van der Waals surface area contributed by atoms with Gasteiger partial charge in [0.05, 0.1) is 47.0 Å². The van der Waals surface area contributed by atoms with Crippen molar-refractivity contribution in [3.63, 3.8) is 0 Å². The second kappa shape index (κ2) is 9.20. The number of carbonyl (C=O) groups is 2. The van der Waals surface area contributed by atoms with Crippen LogP contribution >= 0.6 is 11.3 Å². The molecule has 4 aromatic rings. The molecule has 200 valence electrons. The molecule has 0 aromatic carbocycles. The zero-order valence-corrected chi connectivity index (χ0v) is 21.7. The first-order valence-electron chi connectivity index (χ1n) is 11.7. The fourth-order valence-electron chi connectivity index (χ4n) is 4.71. The Labute approximate surface area is 219 Å². The maximum absolute atomic E-state index is 12.9. The van der Waals surface area contributed by atoms with E-state index in [1.165, 1.54) is 23.1 Å². The number of hydrogen-bond donors (Lipinski definition) is 2. The number of fused-ring (bicyclic) bond motifs is 1. The summed E-state index contributed by atoms with van der Waals surface area (Å²) in [5.41, 5.74) is 8.43. The Balaban J connectivity index is 1.54. The maximum atomic E-state index is 12.9. The van der Waals surface area contributed by atoms with E-state index in [0.29, 0.717) is 37.9 Å². The summed E-state index contributed by atoms with van der Waals surface area (Å²) in [7, 11) is 0. The molecule has 0 unspecified atom stereocenters. The summed E-state index contributed by atoms with van der Waals surface area (Å²) in [4.78, 5) is 32.1. The lowest BCUT2D eigenvalue weighted by atomic mass is 9.84. The Morgan fingerprint density at radius 3 is 2.58 bits per heavy atom. The Morgan fingerprint density at radius 2 is 1.92 bits per heavy atom. The number of halogens is 3. The van der Waals surface area contributed by atoms with Crippen LogP contribution in [0.3, 0.4) is 0 Å². The van der Waals surface area contributed by atoms with Crippen LogP contribution in [-0.4, -0.2) is 66.9 Å². The number of hydrogen-bond acceptors (Lipinski definition) is 7. The van der Waals surface area contributed by atoms with Crippen LogP contribution in [0.15, 0.2) is 30.9 Å². The standard InChI is InChI=1S/C24H25F3N8O2S/c1-13-16(4-15(6-29-13)32-18(36)9-33-10-23(2,3)11-33)19-20(14-5-30-34(8-14)12-24(25,26)27)38-22-17(21(28)37)7-31-35(19)22/h4-8H,9-12H2,1-3H3,(H2,28,37)(H,32,36). The van der Waals surface area contributed by atoms with Crippen molar-refractivity contribution in [2.45, 2.75) is 33.5 Å². The summed E-state index contributed by atoms with van der Waals surface area (Å²) in [5, 5.41) is 11.1. The minimum atomic E-state index is -4.44. The van der Waals surface area contributed by atoms with Gasteiger partial charge in [-0.2, -0.15) is 23.4 Å². The molecule has 0 saturated carbocycles. The number of nitrogens with zero attached hydrogens (tertiary/aromatic N) is 6. The number of carbonyl (C=O) groups excluding carboxylic acids is 2. The molecule has 1 fully saturated rings. The smallest absolute Gasteiger partial charge is 0.365 e. The summed E-state index contributed by atoms with van der Waals surface area (Å²) in [6, 6.07) is 1.73. The number of nitrogens with two attached hydrogens (primary N) is 1. The zero-order chi connectivity index (χ0) is 27.4. The van der Waals surface area contributed by atoms with Crippen LogP contribution in [0.1, 0.15) is 29.9 Å². The molecule has 0 atom stereocenters. The Bertz CT molecular complexity index is 1540. The highest BCUT2D eigenvalue weighted by Crippen LogP contribution is 2.42. The van der Waals surface area contributed by atoms with Gasteiger partial charge in [-0.1, -0.05) is 13.8 Å². The summed E-state index contributed by atoms with van der Waals surface area (Å²) in [6.07, 6.45) is 1.06. The first-order chi connectivity index (χ1) is 17.8. The van der Waals surface area contributed by atoms with E-state index < -0.39 is 18.6 Å². The second-order valence-corrected chi connectivity index (χ2v) is 11.2. The van der Waals surface area contributed by atoms with Crippen molar-refractivity contribution in [2.24, 2.45) is 11.1 Å². The Kier molecular flexibility index (Phi) is 6.26. The van der Waals surface area contributed by atoms with Crippen LogP contribution in [0.25, 0.3) is 26.5 Å². The summed E-state index contributed by atoms with van der Waals surface area (Å²) >= 11 is 1.16. The van der Waals surface area contributed by atoms with Crippen LogP contribution in [0, 0.1) is 12.3 Å². The number of rotatable bonds is 7. The van der Waals surface area contributed by atoms with Gasteiger partial charge in [-0.15, -0.1) is 11.3 Å². The van der Waals surface area contributed by atoms with E-state index in [4.69, 9.17) is 5.73 Å². The van der Waals surface area contributed by atoms with Crippen LogP contribution in [0.5, 0.6) is 0 Å². The van der Waals surface area contributed by atoms with Crippen molar-refractivity contribution in [2.75, 3.05) is 25.0 Å². The highest BCUT2D eigenvalue weighted by atomic mass is 32.1. The largest absolute Gasteiger partial charge is 0.408 e. The SMILES string of the molecule is Cc1ncc(NC(=O)CN2CC(C)(C)C2)cc1-c1c(-c2cnn(CC(F)(F)F)c2)sc2c(C(N)=O)cnn12. The molecule has 38 heavy (non-hydrogen) atoms. The molecule has 4 aromatic heterocycles. The molecule has 14 heteroatoms. The normalized spacial score (nSPS) is 15.5. The van der Waals surface area contributed by atoms with Gasteiger partial charge in [0.25, 0.3) is 5.91 Å². The summed E-state index contributed by atoms with van der Waals surface area (Å²) in [5.74, 6) is -0.867. The number of aryl methyl sites for hydroxylation is 1. The number of primary amides is 1. The molecule has 2 amide bonds. The van der Waals surface area contributed by atoms with Gasteiger partial charge in [-0.05, 0) is 18.4 Å². The number of aromatic nitrogens is 5. The third kappa shape index (κ3) is 5.13. The molecule has 5 rings (SSSR count). The number of pyridine rings is 1. The second-order valence-electron chi connectivity index (χ2n) is 10.2. The van der Waals surface area contributed by atoms with Gasteiger partial charge in [-0.25, -0.2) is 4.52 Å². The molecule has 0 spiro atoms. The molecular formula is C24H25F3N8O2S. The highest BCUT2D eigenvalue weighted by molar-refractivity contribution is 7.21.